The summed E-state index contributed by atoms with van der Waals surface area (Å²) in [6, 6.07) is 0.157. The number of likely N-dealkylation sites (tertiary alicyclic amines) is 1. The summed E-state index contributed by atoms with van der Waals surface area (Å²) in [5, 5.41) is 0. The molecule has 1 aliphatic heterocycles. The molecule has 0 radical (unpaired) electrons. The van der Waals surface area contributed by atoms with Crippen LogP contribution >= 0.6 is 12.4 Å². The van der Waals surface area contributed by atoms with Crippen LogP contribution in [0.2, 0.25) is 0 Å². The number of nitrogens with zero attached hydrogens (tertiary/aromatic N) is 1. The Morgan fingerprint density at radius 2 is 2.18 bits per heavy atom. The van der Waals surface area contributed by atoms with Gasteiger partial charge in [-0.25, -0.2) is 0 Å². The van der Waals surface area contributed by atoms with Crippen LogP contribution in [0.15, 0.2) is 0 Å². The van der Waals surface area contributed by atoms with E-state index in [2.05, 4.69) is 13.8 Å². The standard InChI is InChI=1S/C12H24N2O2.ClH/c1-9(2)6-12(15)14-5-4-11(16-3)7-10(14)8-13;/h9-11H,4-8,13H2,1-3H3;1H. The normalized spacial score (nSPS) is 24.6. The molecule has 0 aromatic heterocycles. The third-order valence-electron chi connectivity index (χ3n) is 3.18. The number of carbonyl (C=O) groups excluding carboxylic acids is 1. The van der Waals surface area contributed by atoms with Crippen molar-refractivity contribution in [1.29, 1.82) is 0 Å². The molecule has 0 aliphatic carbocycles. The Bertz CT molecular complexity index is 237. The molecular weight excluding hydrogens is 240 g/mol. The van der Waals surface area contributed by atoms with Crippen LogP contribution < -0.4 is 5.73 Å². The van der Waals surface area contributed by atoms with E-state index < -0.39 is 0 Å². The zero-order chi connectivity index (χ0) is 12.1. The molecule has 5 heteroatoms. The lowest BCUT2D eigenvalue weighted by Crippen LogP contribution is -2.51. The molecule has 0 bridgehead atoms. The maximum atomic E-state index is 12.0. The predicted octanol–water partition coefficient (Wildman–Crippen LogP) is 1.42. The zero-order valence-corrected chi connectivity index (χ0v) is 11.8. The highest BCUT2D eigenvalue weighted by atomic mass is 35.5. The number of amides is 1. The number of hydrogen-bond acceptors (Lipinski definition) is 3. The van der Waals surface area contributed by atoms with Gasteiger partial charge in [-0.1, -0.05) is 13.8 Å². The van der Waals surface area contributed by atoms with E-state index in [9.17, 15) is 4.79 Å². The summed E-state index contributed by atoms with van der Waals surface area (Å²) in [5.74, 6) is 0.645. The monoisotopic (exact) mass is 264 g/mol. The molecule has 0 aromatic rings. The van der Waals surface area contributed by atoms with Gasteiger partial charge in [0.05, 0.1) is 6.10 Å². The minimum Gasteiger partial charge on any atom is -0.381 e. The highest BCUT2D eigenvalue weighted by Crippen LogP contribution is 2.20. The van der Waals surface area contributed by atoms with E-state index in [1.54, 1.807) is 7.11 Å². The number of hydrogen-bond donors (Lipinski definition) is 1. The molecule has 1 rings (SSSR count). The van der Waals surface area contributed by atoms with E-state index in [1.165, 1.54) is 0 Å². The fraction of sp³-hybridized carbons (Fsp3) is 0.917. The van der Waals surface area contributed by atoms with Crippen molar-refractivity contribution in [2.24, 2.45) is 11.7 Å². The number of rotatable bonds is 4. The van der Waals surface area contributed by atoms with Crippen LogP contribution in [0.4, 0.5) is 0 Å². The van der Waals surface area contributed by atoms with Gasteiger partial charge in [-0.05, 0) is 18.8 Å². The maximum Gasteiger partial charge on any atom is 0.223 e. The Kier molecular flexibility index (Phi) is 7.75. The first-order chi connectivity index (χ1) is 7.58. The first kappa shape index (κ1) is 16.7. The number of piperidine rings is 1. The molecule has 0 saturated carbocycles. The average Bonchev–Trinajstić information content (AvgIpc) is 2.27. The Labute approximate surface area is 110 Å². The lowest BCUT2D eigenvalue weighted by Gasteiger charge is -2.38. The lowest BCUT2D eigenvalue weighted by molar-refractivity contribution is -0.137. The molecule has 4 nitrogen and oxygen atoms in total. The van der Waals surface area contributed by atoms with Crippen LogP contribution in [-0.2, 0) is 9.53 Å². The molecule has 1 fully saturated rings. The second-order valence-corrected chi connectivity index (χ2v) is 4.96. The average molecular weight is 265 g/mol. The van der Waals surface area contributed by atoms with Crippen molar-refractivity contribution in [3.05, 3.63) is 0 Å². The molecule has 1 saturated heterocycles. The van der Waals surface area contributed by atoms with Gasteiger partial charge in [-0.2, -0.15) is 0 Å². The van der Waals surface area contributed by atoms with E-state index in [0.29, 0.717) is 18.9 Å². The third kappa shape index (κ3) is 4.82. The Balaban J connectivity index is 0.00000256. The van der Waals surface area contributed by atoms with Gasteiger partial charge >= 0.3 is 0 Å². The van der Waals surface area contributed by atoms with E-state index in [1.807, 2.05) is 4.90 Å². The molecule has 102 valence electrons. The smallest absolute Gasteiger partial charge is 0.223 e. The van der Waals surface area contributed by atoms with Gasteiger partial charge in [-0.3, -0.25) is 4.79 Å². The fourth-order valence-corrected chi connectivity index (χ4v) is 2.25. The minimum absolute atomic E-state index is 0. The predicted molar refractivity (Wildman–Crippen MR) is 71.3 cm³/mol. The SMILES string of the molecule is COC1CCN(C(=O)CC(C)C)C(CN)C1.Cl. The van der Waals surface area contributed by atoms with Crippen molar-refractivity contribution >= 4 is 18.3 Å². The molecular formula is C12H25ClN2O2. The van der Waals surface area contributed by atoms with Gasteiger partial charge in [-0.15, -0.1) is 12.4 Å². The lowest BCUT2D eigenvalue weighted by atomic mass is 9.98. The molecule has 1 heterocycles. The fourth-order valence-electron chi connectivity index (χ4n) is 2.25. The summed E-state index contributed by atoms with van der Waals surface area (Å²) >= 11 is 0. The maximum absolute atomic E-state index is 12.0. The molecule has 1 aliphatic rings. The van der Waals surface area contributed by atoms with Gasteiger partial charge < -0.3 is 15.4 Å². The van der Waals surface area contributed by atoms with Crippen LogP contribution in [0.25, 0.3) is 0 Å². The largest absolute Gasteiger partial charge is 0.381 e. The minimum atomic E-state index is 0. The summed E-state index contributed by atoms with van der Waals surface area (Å²) in [6.07, 6.45) is 2.68. The third-order valence-corrected chi connectivity index (χ3v) is 3.18. The molecule has 0 aromatic carbocycles. The van der Waals surface area contributed by atoms with E-state index >= 15 is 0 Å². The van der Waals surface area contributed by atoms with Crippen molar-refractivity contribution in [2.45, 2.75) is 45.3 Å². The van der Waals surface area contributed by atoms with Gasteiger partial charge in [0, 0.05) is 32.7 Å². The van der Waals surface area contributed by atoms with Crippen LogP contribution in [0.3, 0.4) is 0 Å². The van der Waals surface area contributed by atoms with Crippen LogP contribution in [0.5, 0.6) is 0 Å². The van der Waals surface area contributed by atoms with Crippen molar-refractivity contribution in [1.82, 2.24) is 4.90 Å². The molecule has 0 spiro atoms. The van der Waals surface area contributed by atoms with Crippen molar-refractivity contribution < 1.29 is 9.53 Å². The number of carbonyl (C=O) groups is 1. The van der Waals surface area contributed by atoms with Crippen LogP contribution in [0.1, 0.15) is 33.1 Å². The first-order valence-electron chi connectivity index (χ1n) is 6.10. The molecule has 2 unspecified atom stereocenters. The Morgan fingerprint density at radius 1 is 1.53 bits per heavy atom. The number of halogens is 1. The van der Waals surface area contributed by atoms with E-state index in [4.69, 9.17) is 10.5 Å². The second-order valence-electron chi connectivity index (χ2n) is 4.96. The zero-order valence-electron chi connectivity index (χ0n) is 11.0. The van der Waals surface area contributed by atoms with Gasteiger partial charge in [0.15, 0.2) is 0 Å². The summed E-state index contributed by atoms with van der Waals surface area (Å²) in [5.41, 5.74) is 5.73. The summed E-state index contributed by atoms with van der Waals surface area (Å²) < 4.78 is 5.34. The first-order valence-corrected chi connectivity index (χ1v) is 6.10. The van der Waals surface area contributed by atoms with Crippen LogP contribution in [0, 0.1) is 5.92 Å². The van der Waals surface area contributed by atoms with Crippen molar-refractivity contribution in [3.63, 3.8) is 0 Å². The summed E-state index contributed by atoms with van der Waals surface area (Å²) in [4.78, 5) is 13.9. The van der Waals surface area contributed by atoms with Crippen LogP contribution in [-0.4, -0.2) is 43.2 Å². The summed E-state index contributed by atoms with van der Waals surface area (Å²) in [6.45, 7) is 5.45. The number of nitrogens with two attached hydrogens (primary N) is 1. The van der Waals surface area contributed by atoms with Gasteiger partial charge in [0.25, 0.3) is 0 Å². The molecule has 2 atom stereocenters. The number of ether oxygens (including phenoxy) is 1. The molecule has 1 amide bonds. The second kappa shape index (κ2) is 7.90. The molecule has 2 N–H and O–H groups in total. The quantitative estimate of drug-likeness (QED) is 0.836. The highest BCUT2D eigenvalue weighted by molar-refractivity contribution is 5.85. The van der Waals surface area contributed by atoms with Gasteiger partial charge in [0.2, 0.25) is 5.91 Å². The topological polar surface area (TPSA) is 55.6 Å². The van der Waals surface area contributed by atoms with E-state index in [0.717, 1.165) is 19.4 Å². The van der Waals surface area contributed by atoms with Crippen molar-refractivity contribution in [2.75, 3.05) is 20.2 Å². The van der Waals surface area contributed by atoms with Crippen molar-refractivity contribution in [3.8, 4) is 0 Å². The Hall–Kier alpha value is -0.320. The van der Waals surface area contributed by atoms with E-state index in [-0.39, 0.29) is 30.5 Å². The summed E-state index contributed by atoms with van der Waals surface area (Å²) in [7, 11) is 1.73. The highest BCUT2D eigenvalue weighted by Gasteiger charge is 2.30. The Morgan fingerprint density at radius 3 is 2.65 bits per heavy atom. The van der Waals surface area contributed by atoms with Gasteiger partial charge in [0.1, 0.15) is 0 Å². The molecule has 17 heavy (non-hydrogen) atoms. The number of methoxy groups -OCH3 is 1.